The first-order valence-corrected chi connectivity index (χ1v) is 5.29. The highest BCUT2D eigenvalue weighted by Crippen LogP contribution is 2.32. The summed E-state index contributed by atoms with van der Waals surface area (Å²) in [6.07, 6.45) is 2.34. The van der Waals surface area contributed by atoms with E-state index in [1.165, 1.54) is 12.8 Å². The third kappa shape index (κ3) is 2.26. The Bertz CT molecular complexity index is 325. The monoisotopic (exact) mass is 210 g/mol. The average molecular weight is 210 g/mol. The van der Waals surface area contributed by atoms with Crippen LogP contribution < -0.4 is 5.73 Å². The third-order valence-corrected chi connectivity index (χ3v) is 3.29. The Kier molecular flexibility index (Phi) is 2.60. The van der Waals surface area contributed by atoms with Crippen LogP contribution in [0.25, 0.3) is 0 Å². The summed E-state index contributed by atoms with van der Waals surface area (Å²) < 4.78 is 1.70. The number of hydrogen-bond acceptors (Lipinski definition) is 5. The van der Waals surface area contributed by atoms with Gasteiger partial charge >= 0.3 is 0 Å². The van der Waals surface area contributed by atoms with E-state index >= 15 is 0 Å². The van der Waals surface area contributed by atoms with Gasteiger partial charge in [0.05, 0.1) is 6.54 Å². The van der Waals surface area contributed by atoms with Crippen molar-refractivity contribution in [1.82, 2.24) is 25.1 Å². The highest BCUT2D eigenvalue weighted by molar-refractivity contribution is 5.10. The lowest BCUT2D eigenvalue weighted by Crippen LogP contribution is -2.39. The Hall–Kier alpha value is -1.17. The fourth-order valence-corrected chi connectivity index (χ4v) is 2.00. The minimum Gasteiger partial charge on any atom is -0.367 e. The molecule has 0 amide bonds. The number of piperidine rings is 1. The predicted molar refractivity (Wildman–Crippen MR) is 57.1 cm³/mol. The van der Waals surface area contributed by atoms with E-state index in [4.69, 9.17) is 5.73 Å². The van der Waals surface area contributed by atoms with Crippen molar-refractivity contribution in [3.8, 4) is 0 Å². The molecule has 1 saturated heterocycles. The molecule has 0 bridgehead atoms. The van der Waals surface area contributed by atoms with Gasteiger partial charge in [0.15, 0.2) is 0 Å². The number of nitrogens with two attached hydrogens (primary N) is 1. The summed E-state index contributed by atoms with van der Waals surface area (Å²) in [5.41, 5.74) is 5.93. The number of aromatic nitrogens is 4. The molecule has 0 aliphatic carbocycles. The molecule has 15 heavy (non-hydrogen) atoms. The first-order chi connectivity index (χ1) is 7.09. The van der Waals surface area contributed by atoms with Crippen molar-refractivity contribution in [2.45, 2.75) is 26.3 Å². The summed E-state index contributed by atoms with van der Waals surface area (Å²) in [7, 11) is 2.16. The van der Waals surface area contributed by atoms with E-state index in [-0.39, 0.29) is 5.41 Å². The first-order valence-electron chi connectivity index (χ1n) is 5.29. The molecule has 2 rings (SSSR count). The molecule has 2 heterocycles. The van der Waals surface area contributed by atoms with Gasteiger partial charge in [0, 0.05) is 0 Å². The zero-order valence-electron chi connectivity index (χ0n) is 9.35. The maximum atomic E-state index is 5.66. The highest BCUT2D eigenvalue weighted by Gasteiger charge is 2.30. The van der Waals surface area contributed by atoms with E-state index in [9.17, 15) is 0 Å². The number of anilines is 1. The van der Waals surface area contributed by atoms with Gasteiger partial charge < -0.3 is 10.6 Å². The molecule has 0 aromatic carbocycles. The van der Waals surface area contributed by atoms with Crippen LogP contribution in [0.5, 0.6) is 0 Å². The molecule has 1 aromatic rings. The molecule has 0 unspecified atom stereocenters. The molecule has 1 aliphatic heterocycles. The summed E-state index contributed by atoms with van der Waals surface area (Å²) in [6.45, 7) is 5.37. The molecule has 6 nitrogen and oxygen atoms in total. The van der Waals surface area contributed by atoms with Gasteiger partial charge in [-0.05, 0) is 48.8 Å². The number of hydrogen-bond donors (Lipinski definition) is 1. The number of likely N-dealkylation sites (tertiary alicyclic amines) is 1. The second-order valence-electron chi connectivity index (χ2n) is 4.81. The number of rotatable bonds is 2. The normalized spacial score (nSPS) is 21.7. The standard InChI is InChI=1S/C9H18N6/c1-9(3-5-14(2)6-4-9)7-15-8(10)11-12-13-15/h3-7H2,1-2H3,(H2,10,11,13). The van der Waals surface area contributed by atoms with Crippen LogP contribution in [0.4, 0.5) is 5.95 Å². The molecule has 0 saturated carbocycles. The smallest absolute Gasteiger partial charge is 0.240 e. The third-order valence-electron chi connectivity index (χ3n) is 3.29. The number of nitrogen functional groups attached to an aromatic ring is 1. The molecular formula is C9H18N6. The lowest BCUT2D eigenvalue weighted by Gasteiger charge is -2.37. The van der Waals surface area contributed by atoms with Crippen LogP contribution in [0.3, 0.4) is 0 Å². The van der Waals surface area contributed by atoms with Crippen LogP contribution in [-0.2, 0) is 6.54 Å². The number of tetrazole rings is 1. The molecule has 6 heteroatoms. The Morgan fingerprint density at radius 3 is 2.60 bits per heavy atom. The van der Waals surface area contributed by atoms with Crippen LogP contribution in [0.1, 0.15) is 19.8 Å². The quantitative estimate of drug-likeness (QED) is 0.743. The average Bonchev–Trinajstić information content (AvgIpc) is 2.58. The van der Waals surface area contributed by atoms with Gasteiger partial charge in [-0.15, -0.1) is 0 Å². The molecule has 1 aromatic heterocycles. The van der Waals surface area contributed by atoms with Crippen LogP contribution in [0.2, 0.25) is 0 Å². The molecule has 1 fully saturated rings. The van der Waals surface area contributed by atoms with E-state index < -0.39 is 0 Å². The molecule has 1 aliphatic rings. The lowest BCUT2D eigenvalue weighted by atomic mass is 9.80. The summed E-state index contributed by atoms with van der Waals surface area (Å²) in [4.78, 5) is 2.35. The second-order valence-corrected chi connectivity index (χ2v) is 4.81. The summed E-state index contributed by atoms with van der Waals surface area (Å²) in [6, 6.07) is 0. The van der Waals surface area contributed by atoms with Crippen LogP contribution in [0, 0.1) is 5.41 Å². The van der Waals surface area contributed by atoms with Crippen molar-refractivity contribution < 1.29 is 0 Å². The van der Waals surface area contributed by atoms with E-state index in [1.807, 2.05) is 0 Å². The van der Waals surface area contributed by atoms with Gasteiger partial charge in [-0.3, -0.25) is 0 Å². The van der Waals surface area contributed by atoms with Crippen molar-refractivity contribution in [1.29, 1.82) is 0 Å². The van der Waals surface area contributed by atoms with E-state index in [1.54, 1.807) is 4.68 Å². The Morgan fingerprint density at radius 2 is 2.07 bits per heavy atom. The Balaban J connectivity index is 2.02. The molecule has 0 radical (unpaired) electrons. The van der Waals surface area contributed by atoms with Crippen molar-refractivity contribution in [2.75, 3.05) is 25.9 Å². The first kappa shape index (κ1) is 10.4. The van der Waals surface area contributed by atoms with E-state index in [0.29, 0.717) is 5.95 Å². The van der Waals surface area contributed by atoms with E-state index in [0.717, 1.165) is 19.6 Å². The van der Waals surface area contributed by atoms with Gasteiger partial charge in [0.2, 0.25) is 5.95 Å². The van der Waals surface area contributed by atoms with Crippen LogP contribution >= 0.6 is 0 Å². The van der Waals surface area contributed by atoms with Crippen molar-refractivity contribution in [2.24, 2.45) is 5.41 Å². The van der Waals surface area contributed by atoms with Gasteiger partial charge in [0.1, 0.15) is 0 Å². The van der Waals surface area contributed by atoms with Gasteiger partial charge in [0.25, 0.3) is 0 Å². The fraction of sp³-hybridized carbons (Fsp3) is 0.889. The summed E-state index contributed by atoms with van der Waals surface area (Å²) >= 11 is 0. The van der Waals surface area contributed by atoms with Crippen LogP contribution in [0.15, 0.2) is 0 Å². The van der Waals surface area contributed by atoms with Crippen molar-refractivity contribution >= 4 is 5.95 Å². The van der Waals surface area contributed by atoms with Gasteiger partial charge in [-0.1, -0.05) is 12.0 Å². The van der Waals surface area contributed by atoms with Gasteiger partial charge in [-0.2, -0.15) is 0 Å². The van der Waals surface area contributed by atoms with Crippen molar-refractivity contribution in [3.05, 3.63) is 0 Å². The molecule has 84 valence electrons. The predicted octanol–water partition coefficient (Wildman–Crippen LogP) is -0.0128. The molecule has 0 spiro atoms. The lowest BCUT2D eigenvalue weighted by molar-refractivity contribution is 0.116. The number of nitrogens with zero attached hydrogens (tertiary/aromatic N) is 5. The minimum atomic E-state index is 0.274. The second kappa shape index (κ2) is 3.77. The zero-order chi connectivity index (χ0) is 10.9. The van der Waals surface area contributed by atoms with Crippen molar-refractivity contribution in [3.63, 3.8) is 0 Å². The summed E-state index contributed by atoms with van der Waals surface area (Å²) in [5.74, 6) is 0.412. The fourth-order valence-electron chi connectivity index (χ4n) is 2.00. The van der Waals surface area contributed by atoms with Crippen LogP contribution in [-0.4, -0.2) is 45.2 Å². The zero-order valence-corrected chi connectivity index (χ0v) is 9.35. The molecule has 2 N–H and O–H groups in total. The SMILES string of the molecule is CN1CCC(C)(Cn2nnnc2N)CC1. The van der Waals surface area contributed by atoms with E-state index in [2.05, 4.69) is 34.4 Å². The maximum Gasteiger partial charge on any atom is 0.240 e. The highest BCUT2D eigenvalue weighted by atomic mass is 15.6. The summed E-state index contributed by atoms with van der Waals surface area (Å²) in [5, 5.41) is 11.1. The Morgan fingerprint density at radius 1 is 1.40 bits per heavy atom. The largest absolute Gasteiger partial charge is 0.367 e. The molecular weight excluding hydrogens is 192 g/mol. The molecule has 0 atom stereocenters. The Labute approximate surface area is 89.4 Å². The maximum absolute atomic E-state index is 5.66. The minimum absolute atomic E-state index is 0.274. The van der Waals surface area contributed by atoms with Gasteiger partial charge in [-0.25, -0.2) is 4.68 Å². The topological polar surface area (TPSA) is 72.9 Å².